The monoisotopic (exact) mass is 646 g/mol. The van der Waals surface area contributed by atoms with Crippen molar-refractivity contribution in [3.8, 4) is 11.5 Å². The lowest BCUT2D eigenvalue weighted by atomic mass is 10.0. The van der Waals surface area contributed by atoms with Crippen LogP contribution < -0.4 is 11.1 Å². The summed E-state index contributed by atoms with van der Waals surface area (Å²) in [6, 6.07) is 0.628. The Morgan fingerprint density at radius 2 is 1.75 bits per heavy atom. The maximum absolute atomic E-state index is 13.2. The van der Waals surface area contributed by atoms with Crippen LogP contribution in [0.25, 0.3) is 0 Å². The van der Waals surface area contributed by atoms with E-state index in [2.05, 4.69) is 15.5 Å². The van der Waals surface area contributed by atoms with Gasteiger partial charge in [-0.05, 0) is 31.6 Å². The Labute approximate surface area is 254 Å². The molecule has 0 bridgehead atoms. The first kappa shape index (κ1) is 30.3. The van der Waals surface area contributed by atoms with E-state index >= 15 is 0 Å². The van der Waals surface area contributed by atoms with Gasteiger partial charge in [-0.3, -0.25) is 29.0 Å². The Morgan fingerprint density at radius 3 is 2.27 bits per heavy atom. The SMILES string of the molecule is CC(C)(O/N=C(\C(=O)NC1C(=O)N2C(C(=O)O)=C(CN3C(=O)c4cc(O)c(O)cc4C3=O)CS[C@@H]12)c1csc(N)n1)C(=O)O. The van der Waals surface area contributed by atoms with Crippen molar-refractivity contribution in [1.82, 2.24) is 20.1 Å². The number of benzene rings is 1. The predicted molar refractivity (Wildman–Crippen MR) is 151 cm³/mol. The number of carbonyl (C=O) groups is 6. The average Bonchev–Trinajstić information content (AvgIpc) is 3.48. The number of nitrogens with one attached hydrogen (secondary N) is 1. The molecule has 17 nitrogen and oxygen atoms in total. The normalized spacial score (nSPS) is 19.9. The summed E-state index contributed by atoms with van der Waals surface area (Å²) in [5, 5.41) is 45.5. The number of phenolic OH excluding ortho intramolecular Hbond substituents is 2. The number of aliphatic carboxylic acids is 2. The number of carbonyl (C=O) groups excluding carboxylic acids is 4. The molecule has 3 aliphatic rings. The van der Waals surface area contributed by atoms with E-state index < -0.39 is 82.0 Å². The first-order chi connectivity index (χ1) is 20.6. The van der Waals surface area contributed by atoms with Crippen molar-refractivity contribution in [2.75, 3.05) is 18.0 Å². The third-order valence-electron chi connectivity index (χ3n) is 6.81. The van der Waals surface area contributed by atoms with Gasteiger partial charge in [0.25, 0.3) is 23.6 Å². The Kier molecular flexibility index (Phi) is 7.46. The highest BCUT2D eigenvalue weighted by Crippen LogP contribution is 2.41. The largest absolute Gasteiger partial charge is 0.504 e. The minimum Gasteiger partial charge on any atom is -0.504 e. The van der Waals surface area contributed by atoms with Crippen molar-refractivity contribution in [2.24, 2.45) is 5.16 Å². The first-order valence-electron chi connectivity index (χ1n) is 12.5. The predicted octanol–water partition coefficient (Wildman–Crippen LogP) is -0.245. The lowest BCUT2D eigenvalue weighted by Crippen LogP contribution is -2.71. The number of oxime groups is 1. The lowest BCUT2D eigenvalue weighted by Gasteiger charge is -2.49. The number of hydrogen-bond donors (Lipinski definition) is 6. The van der Waals surface area contributed by atoms with Crippen LogP contribution in [0.3, 0.4) is 0 Å². The van der Waals surface area contributed by atoms with Crippen LogP contribution in [-0.2, 0) is 24.0 Å². The summed E-state index contributed by atoms with van der Waals surface area (Å²) in [6.45, 7) is 1.90. The molecule has 1 saturated heterocycles. The zero-order valence-corrected chi connectivity index (χ0v) is 24.3. The molecule has 1 aromatic heterocycles. The maximum atomic E-state index is 13.2. The van der Waals surface area contributed by atoms with Crippen LogP contribution in [0.1, 0.15) is 40.3 Å². The van der Waals surface area contributed by atoms with E-state index in [0.717, 1.165) is 45.0 Å². The fraction of sp³-hybridized carbons (Fsp3) is 0.280. The smallest absolute Gasteiger partial charge is 0.352 e. The molecule has 2 atom stereocenters. The molecule has 0 aliphatic carbocycles. The van der Waals surface area contributed by atoms with E-state index in [1.165, 1.54) is 19.2 Å². The van der Waals surface area contributed by atoms with Crippen LogP contribution in [0.4, 0.5) is 5.13 Å². The number of carboxylic acids is 2. The number of nitrogens with zero attached hydrogens (tertiary/aromatic N) is 4. The second kappa shape index (κ2) is 10.8. The zero-order valence-electron chi connectivity index (χ0n) is 22.6. The third-order valence-corrected chi connectivity index (χ3v) is 8.82. The Hall–Kier alpha value is -5.17. The quantitative estimate of drug-likeness (QED) is 0.0675. The average molecular weight is 647 g/mol. The molecular weight excluding hydrogens is 624 g/mol. The number of imide groups is 1. The molecule has 1 fully saturated rings. The molecule has 2 aromatic rings. The van der Waals surface area contributed by atoms with Gasteiger partial charge in [-0.2, -0.15) is 0 Å². The van der Waals surface area contributed by atoms with Gasteiger partial charge in [-0.25, -0.2) is 14.6 Å². The Morgan fingerprint density at radius 1 is 1.14 bits per heavy atom. The summed E-state index contributed by atoms with van der Waals surface area (Å²) in [7, 11) is 0. The molecule has 1 unspecified atom stereocenters. The molecule has 5 rings (SSSR count). The van der Waals surface area contributed by atoms with E-state index in [-0.39, 0.29) is 33.3 Å². The van der Waals surface area contributed by atoms with Crippen molar-refractivity contribution in [3.05, 3.63) is 45.6 Å². The van der Waals surface area contributed by atoms with Gasteiger partial charge >= 0.3 is 11.9 Å². The highest BCUT2D eigenvalue weighted by molar-refractivity contribution is 8.00. The zero-order chi connectivity index (χ0) is 32.2. The van der Waals surface area contributed by atoms with Crippen LogP contribution in [-0.4, -0.2) is 106 Å². The molecule has 1 aromatic carbocycles. The summed E-state index contributed by atoms with van der Waals surface area (Å²) in [5.74, 6) is -7.60. The number of thiazole rings is 1. The molecule has 44 heavy (non-hydrogen) atoms. The number of anilines is 1. The molecule has 0 spiro atoms. The van der Waals surface area contributed by atoms with Gasteiger partial charge < -0.3 is 36.3 Å². The van der Waals surface area contributed by atoms with Crippen LogP contribution in [0.5, 0.6) is 11.5 Å². The molecule has 19 heteroatoms. The number of amides is 4. The molecule has 0 saturated carbocycles. The van der Waals surface area contributed by atoms with Crippen LogP contribution in [0.2, 0.25) is 0 Å². The second-order valence-corrected chi connectivity index (χ2v) is 12.1. The molecule has 7 N–H and O–H groups in total. The minimum atomic E-state index is -1.83. The molecule has 0 radical (unpaired) electrons. The topological polar surface area (TPSA) is 262 Å². The molecule has 230 valence electrons. The van der Waals surface area contributed by atoms with E-state index in [1.807, 2.05) is 0 Å². The van der Waals surface area contributed by atoms with Crippen molar-refractivity contribution in [1.29, 1.82) is 0 Å². The van der Waals surface area contributed by atoms with E-state index in [1.54, 1.807) is 0 Å². The number of rotatable bonds is 9. The summed E-state index contributed by atoms with van der Waals surface area (Å²) in [5.41, 5.74) is 2.53. The van der Waals surface area contributed by atoms with Gasteiger partial charge in [0.1, 0.15) is 22.8 Å². The standard InChI is InChI=1S/C25H22N6O11S2/c1-25(2,23(40)41)42-29-14(11-7-44-24(26)27-11)17(34)28-15-20(37)31-16(22(38)39)8(6-43-21(15)31)5-30-18(35)9-3-12(32)13(33)4-10(9)19(30)36/h3-4,7,15,21,32-33H,5-6H2,1-2H3,(H2,26,27)(H,28,34)(H,38,39)(H,40,41)/b29-14-/t15?,21-/m0/s1. The number of thioether (sulfide) groups is 1. The second-order valence-electron chi connectivity index (χ2n) is 10.1. The number of nitrogen functional groups attached to an aromatic ring is 1. The molecule has 3 aliphatic heterocycles. The number of nitrogens with two attached hydrogens (primary N) is 1. The van der Waals surface area contributed by atoms with Crippen molar-refractivity contribution < 1.29 is 54.0 Å². The number of aromatic hydroxyl groups is 2. The number of aromatic nitrogens is 1. The highest BCUT2D eigenvalue weighted by Gasteiger charge is 2.55. The summed E-state index contributed by atoms with van der Waals surface area (Å²) in [4.78, 5) is 86.6. The van der Waals surface area contributed by atoms with Gasteiger partial charge in [-0.15, -0.1) is 23.1 Å². The van der Waals surface area contributed by atoms with E-state index in [9.17, 15) is 49.2 Å². The van der Waals surface area contributed by atoms with Gasteiger partial charge in [0.05, 0.1) is 17.7 Å². The number of phenols is 2. The molecular formula is C25H22N6O11S2. The van der Waals surface area contributed by atoms with Gasteiger partial charge in [0, 0.05) is 11.1 Å². The number of β-lactam (4-membered cyclic amide) rings is 1. The summed E-state index contributed by atoms with van der Waals surface area (Å²) < 4.78 is 0. The number of carboxylic acid groups (broad SMARTS) is 2. The van der Waals surface area contributed by atoms with E-state index in [4.69, 9.17) is 10.6 Å². The van der Waals surface area contributed by atoms with Gasteiger partial charge in [0.15, 0.2) is 22.3 Å². The number of hydrogen-bond acceptors (Lipinski definition) is 14. The molecule has 4 heterocycles. The third kappa shape index (κ3) is 5.04. The van der Waals surface area contributed by atoms with Crippen molar-refractivity contribution in [2.45, 2.75) is 30.9 Å². The van der Waals surface area contributed by atoms with Crippen LogP contribution in [0, 0.1) is 0 Å². The van der Waals surface area contributed by atoms with Crippen molar-refractivity contribution >= 4 is 69.5 Å². The Bertz CT molecular complexity index is 1690. The van der Waals surface area contributed by atoms with Crippen LogP contribution in [0.15, 0.2) is 33.9 Å². The summed E-state index contributed by atoms with van der Waals surface area (Å²) in [6.07, 6.45) is 0. The van der Waals surface area contributed by atoms with Gasteiger partial charge in [0.2, 0.25) is 5.60 Å². The fourth-order valence-corrected chi connectivity index (χ4v) is 6.35. The summed E-state index contributed by atoms with van der Waals surface area (Å²) >= 11 is 2.03. The highest BCUT2D eigenvalue weighted by atomic mass is 32.2. The van der Waals surface area contributed by atoms with Gasteiger partial charge in [-0.1, -0.05) is 5.16 Å². The lowest BCUT2D eigenvalue weighted by molar-refractivity contribution is -0.161. The van der Waals surface area contributed by atoms with Crippen molar-refractivity contribution in [3.63, 3.8) is 0 Å². The minimum absolute atomic E-state index is 0.0498. The fourth-order valence-electron chi connectivity index (χ4n) is 4.46. The molecule has 4 amide bonds. The Balaban J connectivity index is 1.37. The van der Waals surface area contributed by atoms with E-state index in [0.29, 0.717) is 0 Å². The van der Waals surface area contributed by atoms with Crippen LogP contribution >= 0.6 is 23.1 Å². The maximum Gasteiger partial charge on any atom is 0.352 e. The number of fused-ring (bicyclic) bond motifs is 2. The first-order valence-corrected chi connectivity index (χ1v) is 14.4.